The van der Waals surface area contributed by atoms with E-state index in [9.17, 15) is 4.79 Å². The third kappa shape index (κ3) is 2.28. The fraction of sp³-hybridized carbons (Fsp3) is 0.0769. The molecular weight excluding hydrogens is 260 g/mol. The van der Waals surface area contributed by atoms with Crippen molar-refractivity contribution in [2.75, 3.05) is 0 Å². The highest BCUT2D eigenvalue weighted by molar-refractivity contribution is 5.68. The van der Waals surface area contributed by atoms with Gasteiger partial charge in [-0.3, -0.25) is 9.78 Å². The predicted molar refractivity (Wildman–Crippen MR) is 68.6 cm³/mol. The van der Waals surface area contributed by atoms with Crippen molar-refractivity contribution >= 4 is 5.97 Å². The van der Waals surface area contributed by atoms with Gasteiger partial charge in [0.25, 0.3) is 5.89 Å². The topological polar surface area (TPSA) is 94.0 Å². The molecule has 0 saturated carbocycles. The third-order valence-electron chi connectivity index (χ3n) is 2.70. The molecule has 0 aliphatic heterocycles. The Morgan fingerprint density at radius 2 is 2.25 bits per heavy atom. The van der Waals surface area contributed by atoms with Crippen molar-refractivity contribution in [3.05, 3.63) is 42.9 Å². The zero-order valence-corrected chi connectivity index (χ0v) is 10.3. The van der Waals surface area contributed by atoms with Gasteiger partial charge in [0.05, 0.1) is 0 Å². The quantitative estimate of drug-likeness (QED) is 0.775. The molecule has 0 aliphatic rings. The minimum atomic E-state index is -0.936. The lowest BCUT2D eigenvalue weighted by molar-refractivity contribution is -0.137. The maximum absolute atomic E-state index is 10.8. The molecule has 0 bridgehead atoms. The summed E-state index contributed by atoms with van der Waals surface area (Å²) in [6, 6.07) is 7.05. The van der Waals surface area contributed by atoms with E-state index in [0.29, 0.717) is 11.5 Å². The van der Waals surface area contributed by atoms with Gasteiger partial charge in [0.1, 0.15) is 12.2 Å². The van der Waals surface area contributed by atoms with Crippen LogP contribution in [0.3, 0.4) is 0 Å². The van der Waals surface area contributed by atoms with Gasteiger partial charge in [-0.05, 0) is 24.3 Å². The average Bonchev–Trinajstić information content (AvgIpc) is 3.07. The number of aliphatic carboxylic acids is 1. The molecule has 0 amide bonds. The molecule has 1 N–H and O–H groups in total. The highest BCUT2D eigenvalue weighted by Crippen LogP contribution is 2.22. The SMILES string of the molecule is O=C(O)Cn1cccc1-c1nc(-c2cccnc2)no1. The maximum Gasteiger partial charge on any atom is 0.323 e. The molecule has 0 aliphatic carbocycles. The summed E-state index contributed by atoms with van der Waals surface area (Å²) >= 11 is 0. The summed E-state index contributed by atoms with van der Waals surface area (Å²) in [7, 11) is 0. The smallest absolute Gasteiger partial charge is 0.323 e. The maximum atomic E-state index is 10.8. The van der Waals surface area contributed by atoms with E-state index in [1.54, 1.807) is 36.8 Å². The molecule has 0 fully saturated rings. The van der Waals surface area contributed by atoms with Gasteiger partial charge in [-0.15, -0.1) is 0 Å². The van der Waals surface area contributed by atoms with E-state index in [-0.39, 0.29) is 12.4 Å². The van der Waals surface area contributed by atoms with Crippen molar-refractivity contribution in [1.29, 1.82) is 0 Å². The molecule has 3 heterocycles. The van der Waals surface area contributed by atoms with Gasteiger partial charge >= 0.3 is 5.97 Å². The molecule has 3 rings (SSSR count). The van der Waals surface area contributed by atoms with Crippen LogP contribution < -0.4 is 0 Å². The highest BCUT2D eigenvalue weighted by atomic mass is 16.5. The van der Waals surface area contributed by atoms with E-state index in [0.717, 1.165) is 5.56 Å². The summed E-state index contributed by atoms with van der Waals surface area (Å²) in [5.74, 6) is -0.249. The van der Waals surface area contributed by atoms with Crippen molar-refractivity contribution < 1.29 is 14.4 Å². The number of rotatable bonds is 4. The van der Waals surface area contributed by atoms with Gasteiger partial charge in [0.15, 0.2) is 0 Å². The van der Waals surface area contributed by atoms with Crippen molar-refractivity contribution in [3.63, 3.8) is 0 Å². The molecular formula is C13H10N4O3. The van der Waals surface area contributed by atoms with Crippen LogP contribution in [0, 0.1) is 0 Å². The van der Waals surface area contributed by atoms with Gasteiger partial charge in [-0.1, -0.05) is 5.16 Å². The molecule has 0 atom stereocenters. The molecule has 0 saturated heterocycles. The Labute approximate surface area is 113 Å². The second kappa shape index (κ2) is 4.96. The number of pyridine rings is 1. The van der Waals surface area contributed by atoms with Crippen LogP contribution in [0.2, 0.25) is 0 Å². The Bertz CT molecular complexity index is 733. The monoisotopic (exact) mass is 270 g/mol. The summed E-state index contributed by atoms with van der Waals surface area (Å²) in [6.07, 6.45) is 4.94. The van der Waals surface area contributed by atoms with Crippen LogP contribution in [-0.4, -0.2) is 30.8 Å². The number of carboxylic acids is 1. The lowest BCUT2D eigenvalue weighted by atomic mass is 10.3. The summed E-state index contributed by atoms with van der Waals surface area (Å²) in [5.41, 5.74) is 1.30. The zero-order valence-electron chi connectivity index (χ0n) is 10.3. The second-order valence-corrected chi connectivity index (χ2v) is 4.08. The molecule has 3 aromatic rings. The van der Waals surface area contributed by atoms with Gasteiger partial charge in [0.2, 0.25) is 5.82 Å². The largest absolute Gasteiger partial charge is 0.480 e. The van der Waals surface area contributed by atoms with Crippen molar-refractivity contribution in [2.24, 2.45) is 0 Å². The minimum absolute atomic E-state index is 0.160. The summed E-state index contributed by atoms with van der Waals surface area (Å²) in [5, 5.41) is 12.7. The van der Waals surface area contributed by atoms with Crippen molar-refractivity contribution in [2.45, 2.75) is 6.54 Å². The Morgan fingerprint density at radius 3 is 3.00 bits per heavy atom. The third-order valence-corrected chi connectivity index (χ3v) is 2.70. The number of aromatic nitrogens is 4. The Morgan fingerprint density at radius 1 is 1.35 bits per heavy atom. The van der Waals surface area contributed by atoms with Gasteiger partial charge in [-0.2, -0.15) is 4.98 Å². The average molecular weight is 270 g/mol. The van der Waals surface area contributed by atoms with E-state index in [1.807, 2.05) is 6.07 Å². The molecule has 0 radical (unpaired) electrons. The fourth-order valence-electron chi connectivity index (χ4n) is 1.83. The minimum Gasteiger partial charge on any atom is -0.480 e. The van der Waals surface area contributed by atoms with E-state index >= 15 is 0 Å². The van der Waals surface area contributed by atoms with Crippen LogP contribution in [0.1, 0.15) is 0 Å². The first-order valence-corrected chi connectivity index (χ1v) is 5.85. The van der Waals surface area contributed by atoms with Crippen LogP contribution in [0.25, 0.3) is 23.0 Å². The predicted octanol–water partition coefficient (Wildman–Crippen LogP) is 1.68. The Kier molecular flexibility index (Phi) is 3.00. The number of hydrogen-bond acceptors (Lipinski definition) is 5. The molecule has 0 unspecified atom stereocenters. The molecule has 7 heteroatoms. The van der Waals surface area contributed by atoms with Crippen LogP contribution in [0.15, 0.2) is 47.4 Å². The highest BCUT2D eigenvalue weighted by Gasteiger charge is 2.14. The normalized spacial score (nSPS) is 10.6. The van der Waals surface area contributed by atoms with E-state index < -0.39 is 5.97 Å². The Hall–Kier alpha value is -2.96. The van der Waals surface area contributed by atoms with E-state index in [2.05, 4.69) is 15.1 Å². The Balaban J connectivity index is 1.95. The molecule has 3 aromatic heterocycles. The second-order valence-electron chi connectivity index (χ2n) is 4.08. The number of nitrogens with zero attached hydrogens (tertiary/aromatic N) is 4. The molecule has 100 valence electrons. The summed E-state index contributed by atoms with van der Waals surface area (Å²) < 4.78 is 6.71. The first kappa shape index (κ1) is 12.1. The zero-order chi connectivity index (χ0) is 13.9. The van der Waals surface area contributed by atoms with Crippen LogP contribution >= 0.6 is 0 Å². The lowest BCUT2D eigenvalue weighted by Gasteiger charge is -2.01. The number of carboxylic acid groups (broad SMARTS) is 1. The van der Waals surface area contributed by atoms with Gasteiger partial charge in [-0.25, -0.2) is 0 Å². The fourth-order valence-corrected chi connectivity index (χ4v) is 1.83. The van der Waals surface area contributed by atoms with Crippen LogP contribution in [0.5, 0.6) is 0 Å². The molecule has 20 heavy (non-hydrogen) atoms. The summed E-state index contributed by atoms with van der Waals surface area (Å²) in [4.78, 5) is 19.0. The first-order chi connectivity index (χ1) is 9.74. The first-order valence-electron chi connectivity index (χ1n) is 5.85. The number of carbonyl (C=O) groups is 1. The molecule has 0 spiro atoms. The van der Waals surface area contributed by atoms with E-state index in [4.69, 9.17) is 9.63 Å². The van der Waals surface area contributed by atoms with E-state index in [1.165, 1.54) is 4.57 Å². The number of hydrogen-bond donors (Lipinski definition) is 1. The van der Waals surface area contributed by atoms with Crippen LogP contribution in [-0.2, 0) is 11.3 Å². The van der Waals surface area contributed by atoms with Crippen LogP contribution in [0.4, 0.5) is 0 Å². The molecule has 0 aromatic carbocycles. The summed E-state index contributed by atoms with van der Waals surface area (Å²) in [6.45, 7) is -0.160. The van der Waals surface area contributed by atoms with Crippen molar-refractivity contribution in [1.82, 2.24) is 19.7 Å². The molecule has 7 nitrogen and oxygen atoms in total. The lowest BCUT2D eigenvalue weighted by Crippen LogP contribution is -2.08. The van der Waals surface area contributed by atoms with Gasteiger partial charge in [0, 0.05) is 24.2 Å². The standard InChI is InChI=1S/C13H10N4O3/c18-11(19)8-17-6-2-4-10(17)13-15-12(16-20-13)9-3-1-5-14-7-9/h1-7H,8H2,(H,18,19). The van der Waals surface area contributed by atoms with Gasteiger partial charge < -0.3 is 14.2 Å². The van der Waals surface area contributed by atoms with Crippen molar-refractivity contribution in [3.8, 4) is 23.0 Å².